The summed E-state index contributed by atoms with van der Waals surface area (Å²) in [4.78, 5) is 14.5. The van der Waals surface area contributed by atoms with E-state index in [4.69, 9.17) is 0 Å². The first-order valence-corrected chi connectivity index (χ1v) is 6.88. The Morgan fingerprint density at radius 3 is 2.80 bits per heavy atom. The van der Waals surface area contributed by atoms with E-state index in [1.165, 1.54) is 28.6 Å². The predicted octanol–water partition coefficient (Wildman–Crippen LogP) is 2.05. The van der Waals surface area contributed by atoms with Gasteiger partial charge in [0.05, 0.1) is 11.5 Å². The van der Waals surface area contributed by atoms with Crippen LogP contribution in [0.3, 0.4) is 0 Å². The largest absolute Gasteiger partial charge is 0.358 e. The van der Waals surface area contributed by atoms with Gasteiger partial charge < -0.3 is 5.32 Å². The standard InChI is InChI=1S/C11H16N6O2S/c1-11(2,3)9-14-10(20-15-9)12-4-5-16-7-8(6-13-16)17(18)19/h6-7H,4-5H2,1-3H3,(H,12,14,15). The van der Waals surface area contributed by atoms with Crippen LogP contribution in [-0.4, -0.2) is 30.6 Å². The average molecular weight is 296 g/mol. The number of nitro groups is 1. The highest BCUT2D eigenvalue weighted by Crippen LogP contribution is 2.22. The molecule has 0 radical (unpaired) electrons. The molecular formula is C11H16N6O2S. The highest BCUT2D eigenvalue weighted by Gasteiger charge is 2.19. The Morgan fingerprint density at radius 1 is 1.50 bits per heavy atom. The molecule has 1 N–H and O–H groups in total. The molecule has 2 heterocycles. The Hall–Kier alpha value is -2.03. The van der Waals surface area contributed by atoms with E-state index in [1.807, 2.05) is 0 Å². The molecular weight excluding hydrogens is 280 g/mol. The van der Waals surface area contributed by atoms with Crippen LogP contribution < -0.4 is 5.32 Å². The van der Waals surface area contributed by atoms with Gasteiger partial charge in [-0.05, 0) is 0 Å². The fraction of sp³-hybridized carbons (Fsp3) is 0.545. The third kappa shape index (κ3) is 3.50. The zero-order chi connectivity index (χ0) is 14.8. The molecule has 0 spiro atoms. The number of hydrogen-bond donors (Lipinski definition) is 1. The van der Waals surface area contributed by atoms with E-state index in [0.29, 0.717) is 13.1 Å². The van der Waals surface area contributed by atoms with Crippen molar-refractivity contribution in [1.82, 2.24) is 19.1 Å². The van der Waals surface area contributed by atoms with E-state index < -0.39 is 4.92 Å². The normalized spacial score (nSPS) is 11.6. The van der Waals surface area contributed by atoms with Crippen LogP contribution in [0.1, 0.15) is 26.6 Å². The lowest BCUT2D eigenvalue weighted by atomic mass is 9.96. The maximum atomic E-state index is 10.5. The van der Waals surface area contributed by atoms with Crippen LogP contribution in [0.2, 0.25) is 0 Å². The van der Waals surface area contributed by atoms with E-state index in [-0.39, 0.29) is 11.1 Å². The second-order valence-corrected chi connectivity index (χ2v) is 6.07. The summed E-state index contributed by atoms with van der Waals surface area (Å²) in [5.41, 5.74) is -0.0742. The van der Waals surface area contributed by atoms with Gasteiger partial charge in [0.2, 0.25) is 5.13 Å². The van der Waals surface area contributed by atoms with Gasteiger partial charge in [0.25, 0.3) is 0 Å². The van der Waals surface area contributed by atoms with Crippen molar-refractivity contribution in [2.24, 2.45) is 0 Å². The van der Waals surface area contributed by atoms with E-state index in [2.05, 4.69) is 40.5 Å². The zero-order valence-corrected chi connectivity index (χ0v) is 12.3. The van der Waals surface area contributed by atoms with Crippen molar-refractivity contribution in [2.75, 3.05) is 11.9 Å². The molecule has 8 nitrogen and oxygen atoms in total. The van der Waals surface area contributed by atoms with Crippen LogP contribution >= 0.6 is 11.5 Å². The molecule has 0 aliphatic rings. The molecule has 0 amide bonds. The number of rotatable bonds is 5. The van der Waals surface area contributed by atoms with Crippen molar-refractivity contribution in [3.05, 3.63) is 28.3 Å². The third-order valence-electron chi connectivity index (χ3n) is 2.54. The highest BCUT2D eigenvalue weighted by atomic mass is 32.1. The Kier molecular flexibility index (Phi) is 3.98. The van der Waals surface area contributed by atoms with Crippen molar-refractivity contribution in [2.45, 2.75) is 32.7 Å². The third-order valence-corrected chi connectivity index (χ3v) is 3.22. The number of nitrogens with zero attached hydrogens (tertiary/aromatic N) is 5. The van der Waals surface area contributed by atoms with Crippen LogP contribution in [0, 0.1) is 10.1 Å². The number of hydrogen-bond acceptors (Lipinski definition) is 7. The summed E-state index contributed by atoms with van der Waals surface area (Å²) in [6.07, 6.45) is 2.64. The molecule has 2 aromatic rings. The lowest BCUT2D eigenvalue weighted by Crippen LogP contribution is -2.14. The van der Waals surface area contributed by atoms with E-state index in [1.54, 1.807) is 0 Å². The SMILES string of the molecule is CC(C)(C)c1nsc(NCCn2cc([N+](=O)[O-])cn2)n1. The molecule has 2 rings (SSSR count). The number of anilines is 1. The molecule has 108 valence electrons. The van der Waals surface area contributed by atoms with Crippen molar-refractivity contribution < 1.29 is 4.92 Å². The molecule has 9 heteroatoms. The first-order valence-electron chi connectivity index (χ1n) is 6.11. The minimum Gasteiger partial charge on any atom is -0.358 e. The van der Waals surface area contributed by atoms with Gasteiger partial charge in [-0.25, -0.2) is 4.98 Å². The van der Waals surface area contributed by atoms with Gasteiger partial charge in [-0.15, -0.1) is 0 Å². The average Bonchev–Trinajstić information content (AvgIpc) is 2.96. The summed E-state index contributed by atoms with van der Waals surface area (Å²) in [5, 5.41) is 18.3. The quantitative estimate of drug-likeness (QED) is 0.669. The van der Waals surface area contributed by atoms with Crippen LogP contribution in [0.25, 0.3) is 0 Å². The van der Waals surface area contributed by atoms with Crippen LogP contribution in [0.5, 0.6) is 0 Å². The van der Waals surface area contributed by atoms with Crippen LogP contribution in [0.4, 0.5) is 10.8 Å². The molecule has 2 aromatic heterocycles. The number of nitrogens with one attached hydrogen (secondary N) is 1. The Morgan fingerprint density at radius 2 is 2.25 bits per heavy atom. The minimum absolute atomic E-state index is 0.00376. The van der Waals surface area contributed by atoms with Crippen molar-refractivity contribution >= 4 is 22.4 Å². The summed E-state index contributed by atoms with van der Waals surface area (Å²) >= 11 is 1.31. The molecule has 0 bridgehead atoms. The summed E-state index contributed by atoms with van der Waals surface area (Å²) in [6.45, 7) is 7.28. The minimum atomic E-state index is -0.461. The Balaban J connectivity index is 1.86. The van der Waals surface area contributed by atoms with Gasteiger partial charge in [-0.1, -0.05) is 20.8 Å². The molecule has 0 aliphatic carbocycles. The smallest absolute Gasteiger partial charge is 0.306 e. The molecule has 0 aliphatic heterocycles. The maximum Gasteiger partial charge on any atom is 0.306 e. The van der Waals surface area contributed by atoms with Gasteiger partial charge in [-0.2, -0.15) is 9.47 Å². The first-order chi connectivity index (χ1) is 9.36. The lowest BCUT2D eigenvalue weighted by molar-refractivity contribution is -0.385. The molecule has 0 atom stereocenters. The second kappa shape index (κ2) is 5.53. The summed E-state index contributed by atoms with van der Waals surface area (Å²) in [6, 6.07) is 0. The number of aromatic nitrogens is 4. The van der Waals surface area contributed by atoms with Gasteiger partial charge in [0.15, 0.2) is 0 Å². The summed E-state index contributed by atoms with van der Waals surface area (Å²) in [7, 11) is 0. The monoisotopic (exact) mass is 296 g/mol. The molecule has 0 saturated carbocycles. The molecule has 0 unspecified atom stereocenters. The predicted molar refractivity (Wildman–Crippen MR) is 76.0 cm³/mol. The van der Waals surface area contributed by atoms with Crippen LogP contribution in [0.15, 0.2) is 12.4 Å². The van der Waals surface area contributed by atoms with Gasteiger partial charge in [0.1, 0.15) is 18.2 Å². The molecule has 20 heavy (non-hydrogen) atoms. The fourth-order valence-corrected chi connectivity index (χ4v) is 2.23. The lowest BCUT2D eigenvalue weighted by Gasteiger charge is -2.12. The van der Waals surface area contributed by atoms with Crippen molar-refractivity contribution in [1.29, 1.82) is 0 Å². The topological polar surface area (TPSA) is 98.8 Å². The van der Waals surface area contributed by atoms with E-state index in [0.717, 1.165) is 11.0 Å². The van der Waals surface area contributed by atoms with Crippen LogP contribution in [-0.2, 0) is 12.0 Å². The zero-order valence-electron chi connectivity index (χ0n) is 11.5. The second-order valence-electron chi connectivity index (χ2n) is 5.32. The van der Waals surface area contributed by atoms with Gasteiger partial charge >= 0.3 is 5.69 Å². The summed E-state index contributed by atoms with van der Waals surface area (Å²) in [5.74, 6) is 0.805. The van der Waals surface area contributed by atoms with E-state index >= 15 is 0 Å². The fourth-order valence-electron chi connectivity index (χ4n) is 1.45. The Labute approximate surface area is 120 Å². The molecule has 0 fully saturated rings. The van der Waals surface area contributed by atoms with Crippen molar-refractivity contribution in [3.63, 3.8) is 0 Å². The van der Waals surface area contributed by atoms with Gasteiger partial charge in [-0.3, -0.25) is 14.8 Å². The highest BCUT2D eigenvalue weighted by molar-refractivity contribution is 7.09. The van der Waals surface area contributed by atoms with E-state index in [9.17, 15) is 10.1 Å². The first kappa shape index (κ1) is 14.4. The molecule has 0 saturated heterocycles. The maximum absolute atomic E-state index is 10.5. The molecule has 0 aromatic carbocycles. The summed E-state index contributed by atoms with van der Waals surface area (Å²) < 4.78 is 5.82. The Bertz CT molecular complexity index is 600. The van der Waals surface area contributed by atoms with Gasteiger partial charge in [0, 0.05) is 23.5 Å². The van der Waals surface area contributed by atoms with Crippen molar-refractivity contribution in [3.8, 4) is 0 Å².